The Labute approximate surface area is 176 Å². The van der Waals surface area contributed by atoms with Gasteiger partial charge in [0.2, 0.25) is 5.91 Å². The van der Waals surface area contributed by atoms with Gasteiger partial charge in [0.25, 0.3) is 5.91 Å². The van der Waals surface area contributed by atoms with E-state index in [1.807, 2.05) is 42.5 Å². The molecule has 0 aromatic heterocycles. The molecule has 3 aliphatic rings. The van der Waals surface area contributed by atoms with Crippen molar-refractivity contribution in [1.82, 2.24) is 9.80 Å². The highest BCUT2D eigenvalue weighted by molar-refractivity contribution is 5.97. The maximum absolute atomic E-state index is 12.9. The van der Waals surface area contributed by atoms with Gasteiger partial charge in [-0.1, -0.05) is 42.2 Å². The lowest BCUT2D eigenvalue weighted by Gasteiger charge is -2.58. The normalized spacial score (nSPS) is 25.1. The van der Waals surface area contributed by atoms with Crippen molar-refractivity contribution < 1.29 is 14.7 Å². The summed E-state index contributed by atoms with van der Waals surface area (Å²) in [5.74, 6) is 6.83. The van der Waals surface area contributed by atoms with Gasteiger partial charge in [0.05, 0.1) is 18.7 Å². The van der Waals surface area contributed by atoms with Crippen molar-refractivity contribution >= 4 is 11.8 Å². The largest absolute Gasteiger partial charge is 0.394 e. The van der Waals surface area contributed by atoms with E-state index in [-0.39, 0.29) is 43.0 Å². The number of aliphatic hydroxyl groups excluding tert-OH is 1. The molecular weight excluding hydrogens is 376 g/mol. The molecule has 5 heteroatoms. The van der Waals surface area contributed by atoms with Gasteiger partial charge in [-0.3, -0.25) is 9.59 Å². The molecule has 2 amide bonds. The van der Waals surface area contributed by atoms with Crippen molar-refractivity contribution in [3.8, 4) is 11.8 Å². The molecule has 2 aromatic carbocycles. The van der Waals surface area contributed by atoms with Gasteiger partial charge in [-0.25, -0.2) is 0 Å². The van der Waals surface area contributed by atoms with Crippen LogP contribution in [0, 0.1) is 17.8 Å². The molecule has 1 N–H and O–H groups in total. The lowest BCUT2D eigenvalue weighted by Crippen LogP contribution is -2.73. The number of rotatable bonds is 3. The van der Waals surface area contributed by atoms with Gasteiger partial charge in [-0.2, -0.15) is 0 Å². The molecule has 0 unspecified atom stereocenters. The van der Waals surface area contributed by atoms with Crippen molar-refractivity contribution in [1.29, 1.82) is 0 Å². The number of carbonyl (C=O) groups is 2. The predicted octanol–water partition coefficient (Wildman–Crippen LogP) is 2.26. The Kier molecular flexibility index (Phi) is 4.80. The Bertz CT molecular complexity index is 1020. The fourth-order valence-electron chi connectivity index (χ4n) is 4.62. The molecule has 30 heavy (non-hydrogen) atoms. The van der Waals surface area contributed by atoms with Crippen LogP contribution in [0.15, 0.2) is 54.6 Å². The molecule has 0 bridgehead atoms. The molecule has 2 aromatic rings. The summed E-state index contributed by atoms with van der Waals surface area (Å²) >= 11 is 0. The van der Waals surface area contributed by atoms with E-state index in [9.17, 15) is 14.7 Å². The van der Waals surface area contributed by atoms with Gasteiger partial charge < -0.3 is 14.9 Å². The maximum Gasteiger partial charge on any atom is 0.254 e. The summed E-state index contributed by atoms with van der Waals surface area (Å²) in [6, 6.07) is 16.8. The monoisotopic (exact) mass is 400 g/mol. The van der Waals surface area contributed by atoms with Gasteiger partial charge in [0.15, 0.2) is 0 Å². The second kappa shape index (κ2) is 7.62. The second-order valence-electron chi connectivity index (χ2n) is 8.36. The van der Waals surface area contributed by atoms with Crippen LogP contribution < -0.4 is 0 Å². The minimum Gasteiger partial charge on any atom is -0.394 e. The summed E-state index contributed by atoms with van der Waals surface area (Å²) in [6.45, 7) is 0.454. The van der Waals surface area contributed by atoms with E-state index in [1.54, 1.807) is 21.9 Å². The first kappa shape index (κ1) is 18.9. The van der Waals surface area contributed by atoms with Crippen molar-refractivity contribution in [3.05, 3.63) is 71.3 Å². The molecule has 0 spiro atoms. The summed E-state index contributed by atoms with van der Waals surface area (Å²) in [4.78, 5) is 29.0. The lowest BCUT2D eigenvalue weighted by atomic mass is 9.73. The number of fused-ring (bicyclic) bond motifs is 1. The molecule has 0 radical (unpaired) electrons. The van der Waals surface area contributed by atoms with E-state index in [0.717, 1.165) is 11.1 Å². The Balaban J connectivity index is 1.36. The highest BCUT2D eigenvalue weighted by Gasteiger charge is 2.54. The van der Waals surface area contributed by atoms with Crippen LogP contribution in [0.2, 0.25) is 0 Å². The number of hydrogen-bond donors (Lipinski definition) is 1. The SMILES string of the molecule is O=C(c1ccccc1)N1CC(=O)N2[C@H](CO)[C@H](c3ccc(C#CC4CC4)cc3)[C@H]2C1. The smallest absolute Gasteiger partial charge is 0.254 e. The zero-order valence-corrected chi connectivity index (χ0v) is 16.7. The first-order chi connectivity index (χ1) is 14.7. The van der Waals surface area contributed by atoms with E-state index < -0.39 is 0 Å². The quantitative estimate of drug-likeness (QED) is 0.804. The molecule has 3 fully saturated rings. The number of benzene rings is 2. The van der Waals surface area contributed by atoms with Gasteiger partial charge in [0, 0.05) is 29.5 Å². The first-order valence-electron chi connectivity index (χ1n) is 10.5. The molecule has 5 rings (SSSR count). The minimum atomic E-state index is -0.236. The molecule has 1 saturated carbocycles. The average molecular weight is 400 g/mol. The summed E-state index contributed by atoms with van der Waals surface area (Å²) in [5.41, 5.74) is 2.66. The van der Waals surface area contributed by atoms with Gasteiger partial charge in [-0.15, -0.1) is 0 Å². The van der Waals surface area contributed by atoms with Crippen LogP contribution in [0.25, 0.3) is 0 Å². The van der Waals surface area contributed by atoms with Crippen LogP contribution in [-0.4, -0.2) is 58.5 Å². The predicted molar refractivity (Wildman–Crippen MR) is 113 cm³/mol. The Hall–Kier alpha value is -3.10. The van der Waals surface area contributed by atoms with E-state index in [0.29, 0.717) is 18.0 Å². The lowest BCUT2D eigenvalue weighted by molar-refractivity contribution is -0.159. The molecule has 5 nitrogen and oxygen atoms in total. The summed E-state index contributed by atoms with van der Waals surface area (Å²) in [6.07, 6.45) is 2.41. The molecule has 2 heterocycles. The summed E-state index contributed by atoms with van der Waals surface area (Å²) < 4.78 is 0. The Morgan fingerprint density at radius 2 is 1.80 bits per heavy atom. The highest BCUT2D eigenvalue weighted by atomic mass is 16.3. The third-order valence-corrected chi connectivity index (χ3v) is 6.35. The summed E-state index contributed by atoms with van der Waals surface area (Å²) in [5, 5.41) is 9.94. The number of aliphatic hydroxyl groups is 1. The summed E-state index contributed by atoms with van der Waals surface area (Å²) in [7, 11) is 0. The third-order valence-electron chi connectivity index (χ3n) is 6.35. The molecule has 1 aliphatic carbocycles. The zero-order chi connectivity index (χ0) is 20.7. The molecular formula is C25H24N2O3. The van der Waals surface area contributed by atoms with E-state index in [4.69, 9.17) is 0 Å². The van der Waals surface area contributed by atoms with Crippen LogP contribution in [0.5, 0.6) is 0 Å². The minimum absolute atomic E-state index is 0.00997. The fraction of sp³-hybridized carbons (Fsp3) is 0.360. The van der Waals surface area contributed by atoms with Crippen molar-refractivity contribution in [3.63, 3.8) is 0 Å². The second-order valence-corrected chi connectivity index (χ2v) is 8.36. The van der Waals surface area contributed by atoms with Gasteiger partial charge in [0.1, 0.15) is 6.54 Å². The molecule has 152 valence electrons. The zero-order valence-electron chi connectivity index (χ0n) is 16.7. The molecule has 3 atom stereocenters. The maximum atomic E-state index is 12.9. The number of hydrogen-bond acceptors (Lipinski definition) is 3. The van der Waals surface area contributed by atoms with E-state index >= 15 is 0 Å². The van der Waals surface area contributed by atoms with E-state index in [2.05, 4.69) is 11.8 Å². The van der Waals surface area contributed by atoms with Crippen molar-refractivity contribution in [2.75, 3.05) is 19.7 Å². The molecule has 2 aliphatic heterocycles. The van der Waals surface area contributed by atoms with Gasteiger partial charge in [-0.05, 0) is 42.7 Å². The van der Waals surface area contributed by atoms with Gasteiger partial charge >= 0.3 is 0 Å². The van der Waals surface area contributed by atoms with Crippen molar-refractivity contribution in [2.24, 2.45) is 5.92 Å². The van der Waals surface area contributed by atoms with Crippen molar-refractivity contribution in [2.45, 2.75) is 30.8 Å². The van der Waals surface area contributed by atoms with E-state index in [1.165, 1.54) is 12.8 Å². The topological polar surface area (TPSA) is 60.9 Å². The highest BCUT2D eigenvalue weighted by Crippen LogP contribution is 2.43. The standard InChI is InChI=1S/C25H24N2O3/c28-16-22-24(19-12-10-18(11-13-19)9-8-17-6-7-17)21-14-26(15-23(29)27(21)22)25(30)20-4-2-1-3-5-20/h1-5,10-13,17,21-22,24,28H,6-7,14-16H2/t21-,22-,24-/m1/s1. The number of amides is 2. The van der Waals surface area contributed by atoms with Crippen LogP contribution in [-0.2, 0) is 4.79 Å². The first-order valence-corrected chi connectivity index (χ1v) is 10.5. The third kappa shape index (κ3) is 3.38. The fourth-order valence-corrected chi connectivity index (χ4v) is 4.62. The average Bonchev–Trinajstić information content (AvgIpc) is 3.59. The van der Waals surface area contributed by atoms with Crippen LogP contribution in [0.3, 0.4) is 0 Å². The Morgan fingerprint density at radius 3 is 2.47 bits per heavy atom. The number of carbonyl (C=O) groups excluding carboxylic acids is 2. The number of nitrogens with zero attached hydrogens (tertiary/aromatic N) is 2. The Morgan fingerprint density at radius 1 is 1.07 bits per heavy atom. The van der Waals surface area contributed by atoms with Crippen LogP contribution in [0.4, 0.5) is 0 Å². The van der Waals surface area contributed by atoms with Crippen LogP contribution >= 0.6 is 0 Å². The number of piperazine rings is 1. The molecule has 2 saturated heterocycles. The van der Waals surface area contributed by atoms with Crippen LogP contribution in [0.1, 0.15) is 40.2 Å².